The minimum absolute atomic E-state index is 0.0411. The number of halogens is 2. The minimum Gasteiger partial charge on any atom is -0.351 e. The van der Waals surface area contributed by atoms with Gasteiger partial charge in [0.2, 0.25) is 0 Å². The lowest BCUT2D eigenvalue weighted by atomic mass is 10.0. The fraction of sp³-hybridized carbons (Fsp3) is 0.500. The van der Waals surface area contributed by atoms with Crippen molar-refractivity contribution < 1.29 is 4.79 Å². The van der Waals surface area contributed by atoms with Crippen LogP contribution in [0.1, 0.15) is 43.0 Å². The quantitative estimate of drug-likeness (QED) is 0.851. The standard InChI is InChI=1S/C14H17BrClNO/c1-2-3-14(4-5-14)9-17-13(18)10-6-11(15)8-12(16)7-10/h6-8H,2-5,9H2,1H3,(H,17,18). The lowest BCUT2D eigenvalue weighted by Crippen LogP contribution is -2.30. The molecule has 2 nitrogen and oxygen atoms in total. The Hall–Kier alpha value is -0.540. The maximum Gasteiger partial charge on any atom is 0.251 e. The third kappa shape index (κ3) is 3.48. The van der Waals surface area contributed by atoms with E-state index in [-0.39, 0.29) is 5.91 Å². The molecule has 0 bridgehead atoms. The van der Waals surface area contributed by atoms with Gasteiger partial charge in [-0.1, -0.05) is 40.9 Å². The number of carbonyl (C=O) groups is 1. The molecule has 0 atom stereocenters. The normalized spacial score (nSPS) is 16.4. The molecule has 1 aliphatic carbocycles. The third-order valence-corrected chi connectivity index (χ3v) is 4.16. The summed E-state index contributed by atoms with van der Waals surface area (Å²) in [4.78, 5) is 12.0. The summed E-state index contributed by atoms with van der Waals surface area (Å²) in [5.74, 6) is -0.0411. The monoisotopic (exact) mass is 329 g/mol. The topological polar surface area (TPSA) is 29.1 Å². The molecule has 1 amide bonds. The summed E-state index contributed by atoms with van der Waals surface area (Å²) >= 11 is 9.28. The molecule has 0 unspecified atom stereocenters. The van der Waals surface area contributed by atoms with E-state index in [4.69, 9.17) is 11.6 Å². The molecule has 1 N–H and O–H groups in total. The molecule has 0 aromatic heterocycles. The molecule has 98 valence electrons. The van der Waals surface area contributed by atoms with Gasteiger partial charge in [0.05, 0.1) is 0 Å². The first kappa shape index (κ1) is 13.9. The van der Waals surface area contributed by atoms with Crippen molar-refractivity contribution in [2.75, 3.05) is 6.54 Å². The molecule has 0 heterocycles. The van der Waals surface area contributed by atoms with Gasteiger partial charge in [-0.25, -0.2) is 0 Å². The Balaban J connectivity index is 1.95. The van der Waals surface area contributed by atoms with Gasteiger partial charge < -0.3 is 5.32 Å². The molecule has 2 rings (SSSR count). The molecule has 1 aromatic carbocycles. The number of rotatable bonds is 5. The van der Waals surface area contributed by atoms with E-state index >= 15 is 0 Å². The van der Waals surface area contributed by atoms with Crippen LogP contribution in [0, 0.1) is 5.41 Å². The van der Waals surface area contributed by atoms with Crippen LogP contribution in [0.4, 0.5) is 0 Å². The Morgan fingerprint density at radius 2 is 2.17 bits per heavy atom. The first-order valence-electron chi connectivity index (χ1n) is 6.29. The Kier molecular flexibility index (Phi) is 4.33. The van der Waals surface area contributed by atoms with Gasteiger partial charge in [0.15, 0.2) is 0 Å². The number of carbonyl (C=O) groups excluding carboxylic acids is 1. The summed E-state index contributed by atoms with van der Waals surface area (Å²) < 4.78 is 0.829. The van der Waals surface area contributed by atoms with Crippen LogP contribution in [0.3, 0.4) is 0 Å². The van der Waals surface area contributed by atoms with Crippen molar-refractivity contribution in [2.24, 2.45) is 5.41 Å². The van der Waals surface area contributed by atoms with E-state index in [2.05, 4.69) is 28.2 Å². The lowest BCUT2D eigenvalue weighted by molar-refractivity contribution is 0.0943. The van der Waals surface area contributed by atoms with Gasteiger partial charge in [0, 0.05) is 21.6 Å². The Morgan fingerprint density at radius 3 is 2.72 bits per heavy atom. The van der Waals surface area contributed by atoms with Crippen LogP contribution in [-0.4, -0.2) is 12.5 Å². The first-order valence-corrected chi connectivity index (χ1v) is 7.46. The van der Waals surface area contributed by atoms with Gasteiger partial charge in [-0.3, -0.25) is 4.79 Å². The van der Waals surface area contributed by atoms with Gasteiger partial charge >= 0.3 is 0 Å². The Bertz CT molecular complexity index is 437. The van der Waals surface area contributed by atoms with Crippen molar-refractivity contribution in [3.05, 3.63) is 33.3 Å². The molecular formula is C14H17BrClNO. The maximum absolute atomic E-state index is 12.0. The first-order chi connectivity index (χ1) is 8.54. The highest BCUT2D eigenvalue weighted by atomic mass is 79.9. The predicted octanol–water partition coefficient (Wildman–Crippen LogP) is 4.41. The smallest absolute Gasteiger partial charge is 0.251 e. The van der Waals surface area contributed by atoms with Gasteiger partial charge in [-0.15, -0.1) is 0 Å². The number of hydrogen-bond acceptors (Lipinski definition) is 1. The van der Waals surface area contributed by atoms with Crippen LogP contribution in [0.2, 0.25) is 5.02 Å². The summed E-state index contributed by atoms with van der Waals surface area (Å²) in [5, 5.41) is 3.60. The van der Waals surface area contributed by atoms with Gasteiger partial charge in [0.25, 0.3) is 5.91 Å². The lowest BCUT2D eigenvalue weighted by Gasteiger charge is -2.15. The van der Waals surface area contributed by atoms with E-state index < -0.39 is 0 Å². The molecular weight excluding hydrogens is 314 g/mol. The number of benzene rings is 1. The molecule has 18 heavy (non-hydrogen) atoms. The van der Waals surface area contributed by atoms with Gasteiger partial charge in [-0.05, 0) is 42.9 Å². The van der Waals surface area contributed by atoms with Gasteiger partial charge in [0.1, 0.15) is 0 Å². The number of amides is 1. The highest BCUT2D eigenvalue weighted by molar-refractivity contribution is 9.10. The molecule has 0 aliphatic heterocycles. The molecule has 4 heteroatoms. The van der Waals surface area contributed by atoms with E-state index in [0.29, 0.717) is 16.0 Å². The molecule has 0 saturated heterocycles. The third-order valence-electron chi connectivity index (χ3n) is 3.49. The SMILES string of the molecule is CCCC1(CNC(=O)c2cc(Cl)cc(Br)c2)CC1. The van der Waals surface area contributed by atoms with E-state index in [1.165, 1.54) is 25.7 Å². The van der Waals surface area contributed by atoms with Crippen LogP contribution < -0.4 is 5.32 Å². The number of nitrogens with one attached hydrogen (secondary N) is 1. The van der Waals surface area contributed by atoms with E-state index in [1.54, 1.807) is 18.2 Å². The number of hydrogen-bond donors (Lipinski definition) is 1. The average molecular weight is 331 g/mol. The molecule has 1 aromatic rings. The highest BCUT2D eigenvalue weighted by Gasteiger charge is 2.41. The largest absolute Gasteiger partial charge is 0.351 e. The van der Waals surface area contributed by atoms with Crippen molar-refractivity contribution in [1.29, 1.82) is 0 Å². The summed E-state index contributed by atoms with van der Waals surface area (Å²) in [6, 6.07) is 5.26. The van der Waals surface area contributed by atoms with Crippen molar-refractivity contribution in [1.82, 2.24) is 5.32 Å². The van der Waals surface area contributed by atoms with Crippen LogP contribution in [-0.2, 0) is 0 Å². The van der Waals surface area contributed by atoms with Crippen molar-refractivity contribution in [3.63, 3.8) is 0 Å². The van der Waals surface area contributed by atoms with Gasteiger partial charge in [-0.2, -0.15) is 0 Å². The molecule has 1 aliphatic rings. The van der Waals surface area contributed by atoms with E-state index in [1.807, 2.05) is 0 Å². The Morgan fingerprint density at radius 1 is 1.44 bits per heavy atom. The fourth-order valence-electron chi connectivity index (χ4n) is 2.28. The van der Waals surface area contributed by atoms with Crippen LogP contribution in [0.15, 0.2) is 22.7 Å². The van der Waals surface area contributed by atoms with Crippen molar-refractivity contribution in [3.8, 4) is 0 Å². The van der Waals surface area contributed by atoms with Crippen LogP contribution >= 0.6 is 27.5 Å². The maximum atomic E-state index is 12.0. The van der Waals surface area contributed by atoms with Crippen molar-refractivity contribution in [2.45, 2.75) is 32.6 Å². The highest BCUT2D eigenvalue weighted by Crippen LogP contribution is 2.48. The summed E-state index contributed by atoms with van der Waals surface area (Å²) in [6.45, 7) is 2.97. The van der Waals surface area contributed by atoms with Crippen LogP contribution in [0.5, 0.6) is 0 Å². The average Bonchev–Trinajstić information content (AvgIpc) is 3.06. The summed E-state index contributed by atoms with van der Waals surface area (Å²) in [5.41, 5.74) is 0.988. The zero-order valence-electron chi connectivity index (χ0n) is 10.4. The molecule has 1 fully saturated rings. The van der Waals surface area contributed by atoms with Crippen molar-refractivity contribution >= 4 is 33.4 Å². The zero-order chi connectivity index (χ0) is 13.2. The second-order valence-electron chi connectivity index (χ2n) is 5.09. The Labute approximate surface area is 121 Å². The second-order valence-corrected chi connectivity index (χ2v) is 6.44. The summed E-state index contributed by atoms with van der Waals surface area (Å²) in [7, 11) is 0. The van der Waals surface area contributed by atoms with E-state index in [9.17, 15) is 4.79 Å². The predicted molar refractivity (Wildman–Crippen MR) is 78.1 cm³/mol. The zero-order valence-corrected chi connectivity index (χ0v) is 12.8. The molecule has 1 saturated carbocycles. The second kappa shape index (κ2) is 5.62. The fourth-order valence-corrected chi connectivity index (χ4v) is 3.14. The van der Waals surface area contributed by atoms with E-state index in [0.717, 1.165) is 11.0 Å². The molecule has 0 radical (unpaired) electrons. The molecule has 0 spiro atoms. The summed E-state index contributed by atoms with van der Waals surface area (Å²) in [6.07, 6.45) is 4.85. The van der Waals surface area contributed by atoms with Crippen LogP contribution in [0.25, 0.3) is 0 Å². The minimum atomic E-state index is -0.0411.